The first-order valence-electron chi connectivity index (χ1n) is 6.35. The molecule has 1 atom stereocenters. The van der Waals surface area contributed by atoms with E-state index < -0.39 is 12.7 Å². The van der Waals surface area contributed by atoms with Gasteiger partial charge in [0.25, 0.3) is 0 Å². The molecule has 2 heterocycles. The third kappa shape index (κ3) is 4.32. The molecule has 2 rings (SSSR count). The minimum atomic E-state index is -4.18. The summed E-state index contributed by atoms with van der Waals surface area (Å²) >= 11 is 0. The molecule has 2 saturated heterocycles. The molecule has 8 heteroatoms. The molecule has 2 fully saturated rings. The van der Waals surface area contributed by atoms with Crippen LogP contribution in [-0.2, 0) is 9.53 Å². The average Bonchev–Trinajstić information content (AvgIpc) is 2.38. The van der Waals surface area contributed by atoms with Crippen molar-refractivity contribution in [2.45, 2.75) is 12.2 Å². The van der Waals surface area contributed by atoms with Crippen molar-refractivity contribution in [3.8, 4) is 0 Å². The number of ether oxygens (including phenoxy) is 1. The number of alkyl halides is 3. The summed E-state index contributed by atoms with van der Waals surface area (Å²) in [5, 5.41) is 3.06. The lowest BCUT2D eigenvalue weighted by molar-refractivity contribution is -0.152. The van der Waals surface area contributed by atoms with Crippen molar-refractivity contribution in [2.24, 2.45) is 0 Å². The fraction of sp³-hybridized carbons (Fsp3) is 0.909. The molecule has 2 aliphatic heterocycles. The fourth-order valence-electron chi connectivity index (χ4n) is 2.32. The van der Waals surface area contributed by atoms with Gasteiger partial charge >= 0.3 is 6.18 Å². The maximum Gasteiger partial charge on any atom is 0.401 e. The molecule has 110 valence electrons. The quantitative estimate of drug-likeness (QED) is 0.753. The molecule has 0 radical (unpaired) electrons. The maximum absolute atomic E-state index is 12.2. The van der Waals surface area contributed by atoms with Gasteiger partial charge in [0, 0.05) is 32.7 Å². The minimum absolute atomic E-state index is 0.0774. The predicted octanol–water partition coefficient (Wildman–Crippen LogP) is -0.319. The number of nitrogens with zero attached hydrogens (tertiary/aromatic N) is 2. The Labute approximate surface area is 109 Å². The van der Waals surface area contributed by atoms with E-state index in [9.17, 15) is 18.0 Å². The molecule has 2 aliphatic rings. The number of hydrogen-bond acceptors (Lipinski definition) is 4. The number of carbonyl (C=O) groups is 1. The topological polar surface area (TPSA) is 44.8 Å². The summed E-state index contributed by atoms with van der Waals surface area (Å²) < 4.78 is 41.9. The lowest BCUT2D eigenvalue weighted by Gasteiger charge is -2.37. The summed E-state index contributed by atoms with van der Waals surface area (Å²) in [5.41, 5.74) is 0. The van der Waals surface area contributed by atoms with Gasteiger partial charge in [-0.15, -0.1) is 0 Å². The zero-order valence-corrected chi connectivity index (χ0v) is 10.6. The van der Waals surface area contributed by atoms with Crippen LogP contribution in [-0.4, -0.2) is 80.4 Å². The van der Waals surface area contributed by atoms with Crippen LogP contribution in [0, 0.1) is 0 Å². The molecule has 0 aromatic heterocycles. The van der Waals surface area contributed by atoms with E-state index in [1.54, 1.807) is 4.90 Å². The summed E-state index contributed by atoms with van der Waals surface area (Å²) in [6, 6.07) is -0.358. The van der Waals surface area contributed by atoms with Crippen molar-refractivity contribution in [1.82, 2.24) is 15.1 Å². The molecule has 0 aromatic rings. The summed E-state index contributed by atoms with van der Waals surface area (Å²) in [4.78, 5) is 15.0. The molecule has 0 aromatic carbocycles. The number of rotatable bonds is 2. The Kier molecular flexibility index (Phi) is 4.64. The maximum atomic E-state index is 12.2. The van der Waals surface area contributed by atoms with Crippen LogP contribution in [0.3, 0.4) is 0 Å². The number of piperazine rings is 1. The fourth-order valence-corrected chi connectivity index (χ4v) is 2.32. The normalized spacial score (nSPS) is 26.5. The van der Waals surface area contributed by atoms with Crippen LogP contribution in [0.4, 0.5) is 13.2 Å². The van der Waals surface area contributed by atoms with E-state index in [0.717, 1.165) is 0 Å². The van der Waals surface area contributed by atoms with Crippen molar-refractivity contribution in [3.63, 3.8) is 0 Å². The Morgan fingerprint density at radius 3 is 2.47 bits per heavy atom. The van der Waals surface area contributed by atoms with E-state index in [1.165, 1.54) is 4.90 Å². The van der Waals surface area contributed by atoms with Crippen LogP contribution in [0.5, 0.6) is 0 Å². The zero-order chi connectivity index (χ0) is 13.9. The van der Waals surface area contributed by atoms with E-state index in [-0.39, 0.29) is 25.0 Å². The third-order valence-electron chi connectivity index (χ3n) is 3.31. The van der Waals surface area contributed by atoms with Crippen LogP contribution in [0.25, 0.3) is 0 Å². The van der Waals surface area contributed by atoms with Crippen LogP contribution >= 0.6 is 0 Å². The average molecular weight is 281 g/mol. The molecule has 1 amide bonds. The van der Waals surface area contributed by atoms with Crippen molar-refractivity contribution in [3.05, 3.63) is 0 Å². The van der Waals surface area contributed by atoms with Crippen LogP contribution in [0.15, 0.2) is 0 Å². The highest BCUT2D eigenvalue weighted by Gasteiger charge is 2.34. The first-order valence-corrected chi connectivity index (χ1v) is 6.35. The highest BCUT2D eigenvalue weighted by atomic mass is 19.4. The second kappa shape index (κ2) is 6.06. The highest BCUT2D eigenvalue weighted by molar-refractivity contribution is 5.82. The summed E-state index contributed by atoms with van der Waals surface area (Å²) in [6.07, 6.45) is -4.18. The molecule has 0 spiro atoms. The summed E-state index contributed by atoms with van der Waals surface area (Å²) in [7, 11) is 0. The number of halogens is 3. The Bertz CT molecular complexity index is 311. The summed E-state index contributed by atoms with van der Waals surface area (Å²) in [5.74, 6) is -0.0774. The molecule has 0 bridgehead atoms. The van der Waals surface area contributed by atoms with E-state index in [2.05, 4.69) is 5.32 Å². The van der Waals surface area contributed by atoms with Gasteiger partial charge in [-0.1, -0.05) is 0 Å². The van der Waals surface area contributed by atoms with Gasteiger partial charge in [0.05, 0.1) is 19.8 Å². The van der Waals surface area contributed by atoms with Crippen molar-refractivity contribution < 1.29 is 22.7 Å². The SMILES string of the molecule is O=C(C1COCCN1)N1CCN(CC(F)(F)F)CC1. The van der Waals surface area contributed by atoms with Crippen molar-refractivity contribution in [1.29, 1.82) is 0 Å². The number of nitrogens with one attached hydrogen (secondary N) is 1. The van der Waals surface area contributed by atoms with Gasteiger partial charge in [0.2, 0.25) is 5.91 Å². The Balaban J connectivity index is 1.77. The second-order valence-electron chi connectivity index (χ2n) is 4.80. The van der Waals surface area contributed by atoms with E-state index in [4.69, 9.17) is 4.74 Å². The van der Waals surface area contributed by atoms with Crippen molar-refractivity contribution >= 4 is 5.91 Å². The van der Waals surface area contributed by atoms with Gasteiger partial charge in [-0.3, -0.25) is 9.69 Å². The summed E-state index contributed by atoms with van der Waals surface area (Å²) in [6.45, 7) is 1.85. The van der Waals surface area contributed by atoms with E-state index >= 15 is 0 Å². The van der Waals surface area contributed by atoms with Gasteiger partial charge < -0.3 is 15.0 Å². The molecule has 5 nitrogen and oxygen atoms in total. The zero-order valence-electron chi connectivity index (χ0n) is 10.6. The Morgan fingerprint density at radius 1 is 1.26 bits per heavy atom. The predicted molar refractivity (Wildman–Crippen MR) is 61.7 cm³/mol. The molecule has 0 aliphatic carbocycles. The number of morpholine rings is 1. The first kappa shape index (κ1) is 14.5. The van der Waals surface area contributed by atoms with Gasteiger partial charge in [0.1, 0.15) is 6.04 Å². The van der Waals surface area contributed by atoms with Crippen LogP contribution < -0.4 is 5.32 Å². The smallest absolute Gasteiger partial charge is 0.378 e. The Morgan fingerprint density at radius 2 is 1.95 bits per heavy atom. The molecular formula is C11H18F3N3O2. The first-order chi connectivity index (χ1) is 8.96. The third-order valence-corrected chi connectivity index (χ3v) is 3.31. The Hall–Kier alpha value is -0.860. The van der Waals surface area contributed by atoms with E-state index in [0.29, 0.717) is 32.8 Å². The monoisotopic (exact) mass is 281 g/mol. The number of amides is 1. The molecule has 19 heavy (non-hydrogen) atoms. The second-order valence-corrected chi connectivity index (χ2v) is 4.80. The molecular weight excluding hydrogens is 263 g/mol. The van der Waals surface area contributed by atoms with E-state index in [1.807, 2.05) is 0 Å². The van der Waals surface area contributed by atoms with Crippen molar-refractivity contribution in [2.75, 3.05) is 52.5 Å². The standard InChI is InChI=1S/C11H18F3N3O2/c12-11(13,14)8-16-2-4-17(5-3-16)10(18)9-7-19-6-1-15-9/h9,15H,1-8H2. The number of hydrogen-bond donors (Lipinski definition) is 1. The van der Waals surface area contributed by atoms with Gasteiger partial charge in [-0.05, 0) is 0 Å². The molecule has 0 saturated carbocycles. The molecule has 1 N–H and O–H groups in total. The largest absolute Gasteiger partial charge is 0.401 e. The molecule has 1 unspecified atom stereocenters. The van der Waals surface area contributed by atoms with Gasteiger partial charge in [-0.2, -0.15) is 13.2 Å². The van der Waals surface area contributed by atoms with Crippen LogP contribution in [0.2, 0.25) is 0 Å². The van der Waals surface area contributed by atoms with Gasteiger partial charge in [0.15, 0.2) is 0 Å². The minimum Gasteiger partial charge on any atom is -0.378 e. The lowest BCUT2D eigenvalue weighted by Crippen LogP contribution is -2.57. The van der Waals surface area contributed by atoms with Crippen LogP contribution in [0.1, 0.15) is 0 Å². The highest BCUT2D eigenvalue weighted by Crippen LogP contribution is 2.17. The lowest BCUT2D eigenvalue weighted by atomic mass is 10.2. The number of carbonyl (C=O) groups excluding carboxylic acids is 1. The van der Waals surface area contributed by atoms with Gasteiger partial charge in [-0.25, -0.2) is 0 Å².